The SMILES string of the molecule is CCN(CC)C(=O)[C@]1(C)C[C@H]2C=C[C@H]1C2. The molecule has 15 heavy (non-hydrogen) atoms. The number of hydrogen-bond acceptors (Lipinski definition) is 1. The van der Waals surface area contributed by atoms with Crippen molar-refractivity contribution >= 4 is 5.91 Å². The summed E-state index contributed by atoms with van der Waals surface area (Å²) in [6, 6.07) is 0. The molecule has 84 valence electrons. The van der Waals surface area contributed by atoms with E-state index in [1.54, 1.807) is 0 Å². The van der Waals surface area contributed by atoms with Crippen molar-refractivity contribution in [2.75, 3.05) is 13.1 Å². The minimum Gasteiger partial charge on any atom is -0.343 e. The number of amides is 1. The van der Waals surface area contributed by atoms with Gasteiger partial charge < -0.3 is 4.90 Å². The molecule has 0 aromatic rings. The summed E-state index contributed by atoms with van der Waals surface area (Å²) in [4.78, 5) is 14.4. The van der Waals surface area contributed by atoms with Gasteiger partial charge in [0.2, 0.25) is 5.91 Å². The molecule has 0 aliphatic heterocycles. The maximum atomic E-state index is 12.4. The Morgan fingerprint density at radius 1 is 1.40 bits per heavy atom. The fourth-order valence-electron chi connectivity index (χ4n) is 3.21. The molecule has 0 heterocycles. The van der Waals surface area contributed by atoms with Crippen LogP contribution in [0.2, 0.25) is 0 Å². The summed E-state index contributed by atoms with van der Waals surface area (Å²) in [5.74, 6) is 1.53. The third-order valence-corrected chi connectivity index (χ3v) is 4.22. The fraction of sp³-hybridized carbons (Fsp3) is 0.769. The predicted octanol–water partition coefficient (Wildman–Crippen LogP) is 2.46. The van der Waals surface area contributed by atoms with E-state index in [-0.39, 0.29) is 5.41 Å². The molecule has 1 amide bonds. The third-order valence-electron chi connectivity index (χ3n) is 4.22. The zero-order valence-electron chi connectivity index (χ0n) is 9.99. The Labute approximate surface area is 92.3 Å². The first-order chi connectivity index (χ1) is 7.11. The highest BCUT2D eigenvalue weighted by molar-refractivity contribution is 5.83. The van der Waals surface area contributed by atoms with Gasteiger partial charge in [-0.2, -0.15) is 0 Å². The fourth-order valence-corrected chi connectivity index (χ4v) is 3.21. The molecule has 0 N–H and O–H groups in total. The topological polar surface area (TPSA) is 20.3 Å². The van der Waals surface area contributed by atoms with Gasteiger partial charge in [-0.3, -0.25) is 4.79 Å². The Balaban J connectivity index is 2.16. The van der Waals surface area contributed by atoms with Crippen LogP contribution >= 0.6 is 0 Å². The van der Waals surface area contributed by atoms with Gasteiger partial charge in [0.25, 0.3) is 0 Å². The minimum atomic E-state index is -0.106. The highest BCUT2D eigenvalue weighted by Gasteiger charge is 2.50. The molecule has 2 nitrogen and oxygen atoms in total. The molecule has 2 aliphatic carbocycles. The van der Waals surface area contributed by atoms with Gasteiger partial charge in [-0.1, -0.05) is 19.1 Å². The molecule has 2 heteroatoms. The monoisotopic (exact) mass is 207 g/mol. The van der Waals surface area contributed by atoms with Crippen molar-refractivity contribution in [2.24, 2.45) is 17.3 Å². The van der Waals surface area contributed by atoms with Crippen LogP contribution in [0, 0.1) is 17.3 Å². The normalized spacial score (nSPS) is 37.3. The smallest absolute Gasteiger partial charge is 0.229 e. The summed E-state index contributed by atoms with van der Waals surface area (Å²) in [5.41, 5.74) is -0.106. The summed E-state index contributed by atoms with van der Waals surface area (Å²) in [6.45, 7) is 7.96. The van der Waals surface area contributed by atoms with E-state index in [4.69, 9.17) is 0 Å². The van der Waals surface area contributed by atoms with Crippen LogP contribution in [0.25, 0.3) is 0 Å². The molecule has 1 saturated carbocycles. The minimum absolute atomic E-state index is 0.106. The molecule has 2 bridgehead atoms. The molecule has 3 atom stereocenters. The van der Waals surface area contributed by atoms with E-state index in [2.05, 4.69) is 32.9 Å². The van der Waals surface area contributed by atoms with E-state index >= 15 is 0 Å². The van der Waals surface area contributed by atoms with Crippen LogP contribution in [-0.4, -0.2) is 23.9 Å². The van der Waals surface area contributed by atoms with Crippen LogP contribution in [-0.2, 0) is 4.79 Å². The Morgan fingerprint density at radius 3 is 2.47 bits per heavy atom. The molecule has 0 aromatic carbocycles. The molecule has 1 fully saturated rings. The van der Waals surface area contributed by atoms with E-state index in [0.29, 0.717) is 17.7 Å². The van der Waals surface area contributed by atoms with Crippen molar-refractivity contribution in [3.8, 4) is 0 Å². The molecule has 0 saturated heterocycles. The second-order valence-corrected chi connectivity index (χ2v) is 5.09. The highest BCUT2D eigenvalue weighted by atomic mass is 16.2. The lowest BCUT2D eigenvalue weighted by Gasteiger charge is -2.35. The zero-order chi connectivity index (χ0) is 11.1. The van der Waals surface area contributed by atoms with Crippen molar-refractivity contribution in [3.05, 3.63) is 12.2 Å². The van der Waals surface area contributed by atoms with Gasteiger partial charge in [-0.25, -0.2) is 0 Å². The molecule has 0 unspecified atom stereocenters. The van der Waals surface area contributed by atoms with E-state index in [1.165, 1.54) is 6.42 Å². The number of rotatable bonds is 3. The number of fused-ring (bicyclic) bond motifs is 2. The quantitative estimate of drug-likeness (QED) is 0.651. The van der Waals surface area contributed by atoms with Crippen molar-refractivity contribution in [3.63, 3.8) is 0 Å². The van der Waals surface area contributed by atoms with Gasteiger partial charge in [-0.15, -0.1) is 0 Å². The van der Waals surface area contributed by atoms with Crippen molar-refractivity contribution in [1.29, 1.82) is 0 Å². The van der Waals surface area contributed by atoms with Gasteiger partial charge >= 0.3 is 0 Å². The standard InChI is InChI=1S/C13H21NO/c1-4-14(5-2)12(15)13(3)9-10-6-7-11(13)8-10/h6-7,10-11H,4-5,8-9H2,1-3H3/t10-,11-,13+/m0/s1. The van der Waals surface area contributed by atoms with E-state index in [0.717, 1.165) is 19.5 Å². The van der Waals surface area contributed by atoms with Gasteiger partial charge in [0, 0.05) is 13.1 Å². The Bertz CT molecular complexity index is 293. The maximum absolute atomic E-state index is 12.4. The average molecular weight is 207 g/mol. The molecular formula is C13H21NO. The first-order valence-corrected chi connectivity index (χ1v) is 6.09. The largest absolute Gasteiger partial charge is 0.343 e. The molecule has 0 spiro atoms. The highest BCUT2D eigenvalue weighted by Crippen LogP contribution is 2.52. The van der Waals surface area contributed by atoms with E-state index in [1.807, 2.05) is 4.90 Å². The van der Waals surface area contributed by atoms with Crippen molar-refractivity contribution < 1.29 is 4.79 Å². The Hall–Kier alpha value is -0.790. The van der Waals surface area contributed by atoms with Crippen LogP contribution in [0.5, 0.6) is 0 Å². The summed E-state index contributed by atoms with van der Waals surface area (Å²) < 4.78 is 0. The summed E-state index contributed by atoms with van der Waals surface area (Å²) in [6.07, 6.45) is 6.81. The van der Waals surface area contributed by atoms with Crippen LogP contribution < -0.4 is 0 Å². The van der Waals surface area contributed by atoms with E-state index < -0.39 is 0 Å². The van der Waals surface area contributed by atoms with Crippen LogP contribution in [0.4, 0.5) is 0 Å². The second kappa shape index (κ2) is 3.66. The maximum Gasteiger partial charge on any atom is 0.229 e. The first-order valence-electron chi connectivity index (χ1n) is 6.09. The molecule has 2 aliphatic rings. The molecule has 2 rings (SSSR count). The number of hydrogen-bond donors (Lipinski definition) is 0. The summed E-state index contributed by atoms with van der Waals surface area (Å²) in [5, 5.41) is 0. The second-order valence-electron chi connectivity index (χ2n) is 5.09. The van der Waals surface area contributed by atoms with Gasteiger partial charge in [0.05, 0.1) is 5.41 Å². The number of carbonyl (C=O) groups excluding carboxylic acids is 1. The number of carbonyl (C=O) groups is 1. The van der Waals surface area contributed by atoms with E-state index in [9.17, 15) is 4.79 Å². The zero-order valence-corrected chi connectivity index (χ0v) is 9.99. The molecule has 0 aromatic heterocycles. The average Bonchev–Trinajstić information content (AvgIpc) is 2.79. The number of allylic oxidation sites excluding steroid dienone is 2. The Morgan fingerprint density at radius 2 is 2.07 bits per heavy atom. The van der Waals surface area contributed by atoms with Crippen LogP contribution in [0.15, 0.2) is 12.2 Å². The number of nitrogens with zero attached hydrogens (tertiary/aromatic N) is 1. The van der Waals surface area contributed by atoms with Crippen LogP contribution in [0.3, 0.4) is 0 Å². The van der Waals surface area contributed by atoms with Crippen molar-refractivity contribution in [1.82, 2.24) is 4.90 Å². The predicted molar refractivity (Wildman–Crippen MR) is 61.4 cm³/mol. The van der Waals surface area contributed by atoms with Gasteiger partial charge in [-0.05, 0) is 38.5 Å². The lowest BCUT2D eigenvalue weighted by molar-refractivity contribution is -0.142. The van der Waals surface area contributed by atoms with Gasteiger partial charge in [0.15, 0.2) is 0 Å². The summed E-state index contributed by atoms with van der Waals surface area (Å²) >= 11 is 0. The molecule has 0 radical (unpaired) electrons. The lowest BCUT2D eigenvalue weighted by Crippen LogP contribution is -2.44. The van der Waals surface area contributed by atoms with Gasteiger partial charge in [0.1, 0.15) is 0 Å². The first kappa shape index (κ1) is 10.7. The van der Waals surface area contributed by atoms with Crippen molar-refractivity contribution in [2.45, 2.75) is 33.6 Å². The summed E-state index contributed by atoms with van der Waals surface area (Å²) in [7, 11) is 0. The van der Waals surface area contributed by atoms with Crippen LogP contribution in [0.1, 0.15) is 33.6 Å². The molecular weight excluding hydrogens is 186 g/mol. The third kappa shape index (κ3) is 1.51. The lowest BCUT2D eigenvalue weighted by atomic mass is 9.76. The Kier molecular flexibility index (Phi) is 2.61.